The van der Waals surface area contributed by atoms with Crippen LogP contribution >= 0.6 is 0 Å². The quantitative estimate of drug-likeness (QED) is 0.839. The number of carbonyl (C=O) groups excluding carboxylic acids is 1. The van der Waals surface area contributed by atoms with Crippen LogP contribution in [0.1, 0.15) is 21.5 Å². The van der Waals surface area contributed by atoms with Crippen molar-refractivity contribution in [3.05, 3.63) is 59.7 Å². The monoisotopic (exact) mass is 283 g/mol. The number of carbonyl (C=O) groups is 2. The molecule has 0 atom stereocenters. The molecule has 0 saturated heterocycles. The second kappa shape index (κ2) is 6.42. The molecule has 0 aliphatic rings. The highest BCUT2D eigenvalue weighted by Gasteiger charge is 2.08. The number of nitrogens with one attached hydrogen (secondary N) is 1. The summed E-state index contributed by atoms with van der Waals surface area (Å²) in [6, 6.07) is 3.35. The van der Waals surface area contributed by atoms with E-state index in [1.807, 2.05) is 6.92 Å². The molecule has 6 heteroatoms. The van der Waals surface area contributed by atoms with E-state index in [4.69, 9.17) is 5.11 Å². The molecular formula is C15H13N3O3. The molecular weight excluding hydrogens is 270 g/mol. The van der Waals surface area contributed by atoms with Crippen LogP contribution in [0.5, 0.6) is 0 Å². The fraction of sp³-hybridized carbons (Fsp3) is 0.0667. The third kappa shape index (κ3) is 3.97. The van der Waals surface area contributed by atoms with Crippen molar-refractivity contribution in [1.29, 1.82) is 0 Å². The van der Waals surface area contributed by atoms with E-state index in [9.17, 15) is 9.59 Å². The summed E-state index contributed by atoms with van der Waals surface area (Å²) >= 11 is 0. The first-order valence-corrected chi connectivity index (χ1v) is 6.14. The van der Waals surface area contributed by atoms with Crippen molar-refractivity contribution in [2.75, 3.05) is 5.32 Å². The number of nitrogens with zero attached hydrogens (tertiary/aromatic N) is 2. The maximum Gasteiger partial charge on any atom is 0.328 e. The van der Waals surface area contributed by atoms with Gasteiger partial charge in [0.1, 0.15) is 0 Å². The zero-order valence-corrected chi connectivity index (χ0v) is 11.3. The van der Waals surface area contributed by atoms with Crippen LogP contribution in [0.25, 0.3) is 6.08 Å². The van der Waals surface area contributed by atoms with Crippen LogP contribution in [-0.2, 0) is 4.79 Å². The van der Waals surface area contributed by atoms with Crippen LogP contribution in [-0.4, -0.2) is 27.0 Å². The summed E-state index contributed by atoms with van der Waals surface area (Å²) in [6.45, 7) is 1.86. The van der Waals surface area contributed by atoms with Gasteiger partial charge in [0.2, 0.25) is 0 Å². The van der Waals surface area contributed by atoms with Crippen LogP contribution in [0.2, 0.25) is 0 Å². The molecule has 0 spiro atoms. The number of carboxylic acids is 1. The van der Waals surface area contributed by atoms with Gasteiger partial charge in [-0.2, -0.15) is 0 Å². The molecule has 0 radical (unpaired) electrons. The SMILES string of the molecule is Cc1ccncc1NC(=O)c1cncc(C=CC(=O)O)c1. The Kier molecular flexibility index (Phi) is 4.40. The summed E-state index contributed by atoms with van der Waals surface area (Å²) < 4.78 is 0. The van der Waals surface area contributed by atoms with E-state index in [0.717, 1.165) is 11.6 Å². The van der Waals surface area contributed by atoms with Crippen molar-refractivity contribution in [2.24, 2.45) is 0 Å². The molecule has 6 nitrogen and oxygen atoms in total. The average Bonchev–Trinajstić information content (AvgIpc) is 2.48. The molecule has 0 aliphatic heterocycles. The smallest absolute Gasteiger partial charge is 0.328 e. The summed E-state index contributed by atoms with van der Waals surface area (Å²) in [5.41, 5.74) is 2.39. The lowest BCUT2D eigenvalue weighted by atomic mass is 10.1. The highest BCUT2D eigenvalue weighted by atomic mass is 16.4. The minimum Gasteiger partial charge on any atom is -0.478 e. The summed E-state index contributed by atoms with van der Waals surface area (Å²) in [7, 11) is 0. The molecule has 0 fully saturated rings. The lowest BCUT2D eigenvalue weighted by Crippen LogP contribution is -2.13. The Morgan fingerprint density at radius 2 is 2.05 bits per heavy atom. The van der Waals surface area contributed by atoms with Crippen molar-refractivity contribution in [1.82, 2.24) is 9.97 Å². The zero-order chi connectivity index (χ0) is 15.2. The maximum atomic E-state index is 12.1. The Morgan fingerprint density at radius 1 is 1.24 bits per heavy atom. The predicted octanol–water partition coefficient (Wildman–Crippen LogP) is 2.14. The van der Waals surface area contributed by atoms with Crippen LogP contribution in [0.4, 0.5) is 5.69 Å². The third-order valence-electron chi connectivity index (χ3n) is 2.73. The first-order valence-electron chi connectivity index (χ1n) is 6.14. The number of amides is 1. The summed E-state index contributed by atoms with van der Waals surface area (Å²) in [6.07, 6.45) is 8.47. The molecule has 21 heavy (non-hydrogen) atoms. The average molecular weight is 283 g/mol. The minimum absolute atomic E-state index is 0.329. The lowest BCUT2D eigenvalue weighted by molar-refractivity contribution is -0.131. The molecule has 2 rings (SSSR count). The number of hydrogen-bond donors (Lipinski definition) is 2. The normalized spacial score (nSPS) is 10.5. The Hall–Kier alpha value is -3.02. The topological polar surface area (TPSA) is 92.2 Å². The third-order valence-corrected chi connectivity index (χ3v) is 2.73. The minimum atomic E-state index is -1.06. The first-order chi connectivity index (χ1) is 10.1. The Bertz CT molecular complexity index is 711. The highest BCUT2D eigenvalue weighted by molar-refractivity contribution is 6.04. The van der Waals surface area contributed by atoms with Crippen molar-refractivity contribution in [3.8, 4) is 0 Å². The van der Waals surface area contributed by atoms with E-state index >= 15 is 0 Å². The van der Waals surface area contributed by atoms with E-state index in [-0.39, 0.29) is 5.91 Å². The second-order valence-corrected chi connectivity index (χ2v) is 4.32. The molecule has 2 aromatic heterocycles. The van der Waals surface area contributed by atoms with Crippen molar-refractivity contribution < 1.29 is 14.7 Å². The van der Waals surface area contributed by atoms with Crippen LogP contribution < -0.4 is 5.32 Å². The molecule has 2 heterocycles. The van der Waals surface area contributed by atoms with Gasteiger partial charge in [0.15, 0.2) is 0 Å². The highest BCUT2D eigenvalue weighted by Crippen LogP contribution is 2.13. The van der Waals surface area contributed by atoms with Gasteiger partial charge in [0.05, 0.1) is 17.4 Å². The van der Waals surface area contributed by atoms with Crippen LogP contribution in [0.3, 0.4) is 0 Å². The number of aryl methyl sites for hydroxylation is 1. The van der Waals surface area contributed by atoms with Crippen LogP contribution in [0, 0.1) is 6.92 Å². The molecule has 0 saturated carbocycles. The van der Waals surface area contributed by atoms with Crippen molar-refractivity contribution >= 4 is 23.6 Å². The van der Waals surface area contributed by atoms with Gasteiger partial charge in [-0.3, -0.25) is 14.8 Å². The van der Waals surface area contributed by atoms with E-state index in [0.29, 0.717) is 16.8 Å². The fourth-order valence-electron chi connectivity index (χ4n) is 1.63. The van der Waals surface area contributed by atoms with Gasteiger partial charge in [-0.05, 0) is 36.3 Å². The van der Waals surface area contributed by atoms with Crippen molar-refractivity contribution in [2.45, 2.75) is 6.92 Å². The van der Waals surface area contributed by atoms with E-state index in [1.165, 1.54) is 18.5 Å². The van der Waals surface area contributed by atoms with Gasteiger partial charge in [0, 0.05) is 24.7 Å². The number of carboxylic acid groups (broad SMARTS) is 1. The first kappa shape index (κ1) is 14.4. The molecule has 0 unspecified atom stereocenters. The fourth-order valence-corrected chi connectivity index (χ4v) is 1.63. The lowest BCUT2D eigenvalue weighted by Gasteiger charge is -2.07. The predicted molar refractivity (Wildman–Crippen MR) is 77.8 cm³/mol. The van der Waals surface area contributed by atoms with Gasteiger partial charge in [0.25, 0.3) is 5.91 Å². The van der Waals surface area contributed by atoms with Crippen molar-refractivity contribution in [3.63, 3.8) is 0 Å². The largest absolute Gasteiger partial charge is 0.478 e. The second-order valence-electron chi connectivity index (χ2n) is 4.32. The molecule has 2 aromatic rings. The maximum absolute atomic E-state index is 12.1. The standard InChI is InChI=1S/C15H13N3O3/c1-10-4-5-16-9-13(10)18-15(21)12-6-11(7-17-8-12)2-3-14(19)20/h2-9H,1H3,(H,18,21)(H,19,20). The van der Waals surface area contributed by atoms with Gasteiger partial charge in [-0.1, -0.05) is 0 Å². The van der Waals surface area contributed by atoms with Gasteiger partial charge in [-0.25, -0.2) is 4.79 Å². The Labute approximate surface area is 121 Å². The summed E-state index contributed by atoms with van der Waals surface area (Å²) in [4.78, 5) is 30.5. The van der Waals surface area contributed by atoms with Gasteiger partial charge in [-0.15, -0.1) is 0 Å². The van der Waals surface area contributed by atoms with Gasteiger partial charge < -0.3 is 10.4 Å². The molecule has 2 N–H and O–H groups in total. The van der Waals surface area contributed by atoms with E-state index in [2.05, 4.69) is 15.3 Å². The Morgan fingerprint density at radius 3 is 2.76 bits per heavy atom. The number of hydrogen-bond acceptors (Lipinski definition) is 4. The van der Waals surface area contributed by atoms with E-state index in [1.54, 1.807) is 24.5 Å². The van der Waals surface area contributed by atoms with E-state index < -0.39 is 5.97 Å². The number of aromatic nitrogens is 2. The molecule has 0 bridgehead atoms. The zero-order valence-electron chi connectivity index (χ0n) is 11.3. The molecule has 0 aliphatic carbocycles. The number of pyridine rings is 2. The molecule has 0 aromatic carbocycles. The summed E-state index contributed by atoms with van der Waals surface area (Å²) in [5, 5.41) is 11.3. The number of anilines is 1. The van der Waals surface area contributed by atoms with Crippen LogP contribution in [0.15, 0.2) is 43.0 Å². The van der Waals surface area contributed by atoms with Gasteiger partial charge >= 0.3 is 5.97 Å². The molecule has 1 amide bonds. The summed E-state index contributed by atoms with van der Waals surface area (Å²) in [5.74, 6) is -1.39. The Balaban J connectivity index is 2.18. The number of aliphatic carboxylic acids is 1. The number of rotatable bonds is 4. The molecule has 106 valence electrons.